The molecule has 1 aromatic heterocycles. The van der Waals surface area contributed by atoms with Crippen LogP contribution < -0.4 is 11.1 Å². The summed E-state index contributed by atoms with van der Waals surface area (Å²) in [6, 6.07) is 17.9. The van der Waals surface area contributed by atoms with Gasteiger partial charge in [0.2, 0.25) is 6.41 Å². The molecule has 0 fully saturated rings. The molecule has 132 valence electrons. The van der Waals surface area contributed by atoms with Crippen LogP contribution in [0.5, 0.6) is 0 Å². The lowest BCUT2D eigenvalue weighted by molar-refractivity contribution is -0.108. The number of carbonyl (C=O) groups is 1. The number of amides is 1. The zero-order valence-electron chi connectivity index (χ0n) is 14.9. The zero-order valence-corrected chi connectivity index (χ0v) is 14.9. The van der Waals surface area contributed by atoms with Gasteiger partial charge >= 0.3 is 0 Å². The summed E-state index contributed by atoms with van der Waals surface area (Å²) in [6.45, 7) is 4.29. The molecule has 0 aliphatic rings. The van der Waals surface area contributed by atoms with Crippen molar-refractivity contribution >= 4 is 29.0 Å². The van der Waals surface area contributed by atoms with Gasteiger partial charge in [0, 0.05) is 16.5 Å². The van der Waals surface area contributed by atoms with E-state index in [9.17, 15) is 4.79 Å². The predicted molar refractivity (Wildman–Crippen MR) is 106 cm³/mol. The van der Waals surface area contributed by atoms with E-state index < -0.39 is 0 Å². The molecule has 26 heavy (non-hydrogen) atoms. The number of nitrogens with one attached hydrogen (secondary N) is 1. The van der Waals surface area contributed by atoms with Gasteiger partial charge in [0.1, 0.15) is 0 Å². The second-order valence-electron chi connectivity index (χ2n) is 6.17. The molecule has 1 unspecified atom stereocenters. The van der Waals surface area contributed by atoms with Crippen LogP contribution in [0.2, 0.25) is 0 Å². The predicted octanol–water partition coefficient (Wildman–Crippen LogP) is 4.11. The maximum Gasteiger partial charge on any atom is 0.213 e. The van der Waals surface area contributed by atoms with Crippen molar-refractivity contribution in [3.05, 3.63) is 60.2 Å². The van der Waals surface area contributed by atoms with E-state index in [-0.39, 0.29) is 11.9 Å². The van der Waals surface area contributed by atoms with Crippen LogP contribution in [0.1, 0.15) is 31.7 Å². The Morgan fingerprint density at radius 2 is 1.88 bits per heavy atom. The first-order valence-corrected chi connectivity index (χ1v) is 8.68. The molecule has 1 atom stereocenters. The number of pyridine rings is 1. The van der Waals surface area contributed by atoms with E-state index in [1.165, 1.54) is 0 Å². The lowest BCUT2D eigenvalue weighted by atomic mass is 9.90. The number of fused-ring (bicyclic) bond motifs is 1. The molecule has 0 aliphatic carbocycles. The fraction of sp³-hybridized carbons (Fsp3) is 0.190. The Hall–Kier alpha value is -3.21. The minimum absolute atomic E-state index is 0.0694. The molecule has 0 saturated carbocycles. The van der Waals surface area contributed by atoms with E-state index in [4.69, 9.17) is 10.7 Å². The molecule has 0 radical (unpaired) electrons. The maximum atomic E-state index is 10.7. The van der Waals surface area contributed by atoms with E-state index in [0.29, 0.717) is 6.41 Å². The average molecular weight is 346 g/mol. The van der Waals surface area contributed by atoms with Gasteiger partial charge < -0.3 is 5.73 Å². The molecule has 1 heterocycles. The van der Waals surface area contributed by atoms with Gasteiger partial charge in [-0.3, -0.25) is 10.1 Å². The van der Waals surface area contributed by atoms with Crippen molar-refractivity contribution in [3.8, 4) is 11.3 Å². The average Bonchev–Trinajstić information content (AvgIpc) is 2.68. The first-order chi connectivity index (χ1) is 12.7. The van der Waals surface area contributed by atoms with Crippen LogP contribution in [0.15, 0.2) is 59.6 Å². The largest absolute Gasteiger partial charge is 0.369 e. The van der Waals surface area contributed by atoms with Gasteiger partial charge in [-0.15, -0.1) is 0 Å². The SMILES string of the molecule is CCC(C)c1c(-c2ccccc2)nc2ccccc2c1N=C(N)NC=O. The number of para-hydroxylation sites is 1. The quantitative estimate of drug-likeness (QED) is 0.414. The molecule has 0 saturated heterocycles. The van der Waals surface area contributed by atoms with E-state index in [2.05, 4.69) is 24.2 Å². The van der Waals surface area contributed by atoms with Crippen molar-refractivity contribution in [2.75, 3.05) is 0 Å². The number of aromatic nitrogens is 1. The fourth-order valence-electron chi connectivity index (χ4n) is 3.03. The molecular weight excluding hydrogens is 324 g/mol. The standard InChI is InChI=1S/C21H22N4O/c1-3-14(2)18-19(15-9-5-4-6-10-15)24-17-12-8-7-11-16(17)20(18)25-21(22)23-13-26/h4-14H,3H2,1-2H3,(H3,22,23,24,25,26). The second kappa shape index (κ2) is 7.78. The van der Waals surface area contributed by atoms with E-state index in [0.717, 1.165) is 39.8 Å². The second-order valence-corrected chi connectivity index (χ2v) is 6.17. The van der Waals surface area contributed by atoms with Gasteiger partial charge in [-0.05, 0) is 18.4 Å². The number of nitrogens with zero attached hydrogens (tertiary/aromatic N) is 2. The third kappa shape index (κ3) is 3.42. The van der Waals surface area contributed by atoms with Crippen LogP contribution in [-0.4, -0.2) is 17.4 Å². The van der Waals surface area contributed by atoms with Crippen molar-refractivity contribution in [1.82, 2.24) is 10.3 Å². The third-order valence-electron chi connectivity index (χ3n) is 4.49. The number of hydrogen-bond donors (Lipinski definition) is 2. The van der Waals surface area contributed by atoms with Crippen molar-refractivity contribution in [1.29, 1.82) is 0 Å². The first kappa shape index (κ1) is 17.6. The summed E-state index contributed by atoms with van der Waals surface area (Å²) < 4.78 is 0. The normalized spacial score (nSPS) is 12.8. The summed E-state index contributed by atoms with van der Waals surface area (Å²) in [4.78, 5) is 20.2. The molecule has 3 N–H and O–H groups in total. The topological polar surface area (TPSA) is 80.4 Å². The van der Waals surface area contributed by atoms with Crippen molar-refractivity contribution in [2.45, 2.75) is 26.2 Å². The van der Waals surface area contributed by atoms with Gasteiger partial charge in [-0.25, -0.2) is 9.98 Å². The molecule has 5 heteroatoms. The molecule has 0 aliphatic heterocycles. The summed E-state index contributed by atoms with van der Waals surface area (Å²) >= 11 is 0. The highest BCUT2D eigenvalue weighted by Crippen LogP contribution is 2.41. The molecule has 5 nitrogen and oxygen atoms in total. The summed E-state index contributed by atoms with van der Waals surface area (Å²) in [5.74, 6) is 0.296. The molecule has 0 spiro atoms. The Morgan fingerprint density at radius 1 is 1.19 bits per heavy atom. The van der Waals surface area contributed by atoms with E-state index in [1.54, 1.807) is 0 Å². The molecule has 0 bridgehead atoms. The number of hydrogen-bond acceptors (Lipinski definition) is 3. The smallest absolute Gasteiger partial charge is 0.213 e. The lowest BCUT2D eigenvalue weighted by Crippen LogP contribution is -2.29. The summed E-state index contributed by atoms with van der Waals surface area (Å²) in [5, 5.41) is 3.34. The van der Waals surface area contributed by atoms with E-state index >= 15 is 0 Å². The number of aliphatic imine (C=N–C) groups is 1. The van der Waals surface area contributed by atoms with Crippen LogP contribution in [0.4, 0.5) is 5.69 Å². The van der Waals surface area contributed by atoms with Crippen molar-refractivity contribution in [3.63, 3.8) is 0 Å². The highest BCUT2D eigenvalue weighted by atomic mass is 16.1. The molecule has 2 aromatic carbocycles. The maximum absolute atomic E-state index is 10.7. The van der Waals surface area contributed by atoms with E-state index in [1.807, 2.05) is 54.6 Å². The van der Waals surface area contributed by atoms with Gasteiger partial charge in [0.15, 0.2) is 5.96 Å². The Morgan fingerprint density at radius 3 is 2.58 bits per heavy atom. The number of guanidine groups is 1. The van der Waals surface area contributed by atoms with Crippen LogP contribution in [0.3, 0.4) is 0 Å². The number of benzene rings is 2. The van der Waals surface area contributed by atoms with Gasteiger partial charge in [-0.1, -0.05) is 62.4 Å². The monoisotopic (exact) mass is 346 g/mol. The number of nitrogens with two attached hydrogens (primary N) is 1. The van der Waals surface area contributed by atoms with Gasteiger partial charge in [-0.2, -0.15) is 0 Å². The Bertz CT molecular complexity index is 951. The van der Waals surface area contributed by atoms with Gasteiger partial charge in [0.05, 0.1) is 16.9 Å². The minimum Gasteiger partial charge on any atom is -0.369 e. The van der Waals surface area contributed by atoms with Crippen molar-refractivity contribution in [2.24, 2.45) is 10.7 Å². The number of carbonyl (C=O) groups excluding carboxylic acids is 1. The Labute approximate surface area is 153 Å². The molecule has 3 rings (SSSR count). The summed E-state index contributed by atoms with van der Waals surface area (Å²) in [7, 11) is 0. The van der Waals surface area contributed by atoms with Gasteiger partial charge in [0.25, 0.3) is 0 Å². The zero-order chi connectivity index (χ0) is 18.5. The lowest BCUT2D eigenvalue weighted by Gasteiger charge is -2.19. The Kier molecular flexibility index (Phi) is 5.27. The van der Waals surface area contributed by atoms with Crippen LogP contribution >= 0.6 is 0 Å². The minimum atomic E-state index is 0.0694. The third-order valence-corrected chi connectivity index (χ3v) is 4.49. The Balaban J connectivity index is 2.40. The first-order valence-electron chi connectivity index (χ1n) is 8.68. The highest BCUT2D eigenvalue weighted by Gasteiger charge is 2.20. The molecule has 3 aromatic rings. The summed E-state index contributed by atoms with van der Waals surface area (Å²) in [5.41, 5.74) is 10.5. The molecule has 1 amide bonds. The van der Waals surface area contributed by atoms with Crippen molar-refractivity contribution < 1.29 is 4.79 Å². The molecular formula is C21H22N4O. The highest BCUT2D eigenvalue weighted by molar-refractivity contribution is 5.99. The van der Waals surface area contributed by atoms with Crippen LogP contribution in [-0.2, 0) is 4.79 Å². The van der Waals surface area contributed by atoms with Crippen LogP contribution in [0, 0.1) is 0 Å². The number of rotatable bonds is 5. The summed E-state index contributed by atoms with van der Waals surface area (Å²) in [6.07, 6.45) is 1.46. The fourth-order valence-corrected chi connectivity index (χ4v) is 3.03. The van der Waals surface area contributed by atoms with Crippen LogP contribution in [0.25, 0.3) is 22.2 Å².